The molecule has 0 spiro atoms. The maximum absolute atomic E-state index is 12.3. The number of likely N-dealkylation sites (tertiary alicyclic amines) is 1. The summed E-state index contributed by atoms with van der Waals surface area (Å²) < 4.78 is 5.27. The molecule has 1 N–H and O–H groups in total. The lowest BCUT2D eigenvalue weighted by molar-refractivity contribution is 0.0922. The van der Waals surface area contributed by atoms with Gasteiger partial charge in [0.1, 0.15) is 5.76 Å². The monoisotopic (exact) mass is 305 g/mol. The molecule has 1 aromatic heterocycles. The van der Waals surface area contributed by atoms with Crippen LogP contribution in [0.2, 0.25) is 0 Å². The lowest BCUT2D eigenvalue weighted by Crippen LogP contribution is -2.40. The van der Waals surface area contributed by atoms with Gasteiger partial charge in [-0.25, -0.2) is 0 Å². The highest BCUT2D eigenvalue weighted by atomic mass is 16.5. The van der Waals surface area contributed by atoms with Gasteiger partial charge >= 0.3 is 0 Å². The summed E-state index contributed by atoms with van der Waals surface area (Å²) in [7, 11) is 0. The van der Waals surface area contributed by atoms with E-state index < -0.39 is 0 Å². The minimum atomic E-state index is -0.0989. The molecule has 0 bridgehead atoms. The molecule has 5 nitrogen and oxygen atoms in total. The molecular weight excluding hydrogens is 278 g/mol. The van der Waals surface area contributed by atoms with E-state index in [2.05, 4.69) is 36.1 Å². The molecule has 2 heterocycles. The van der Waals surface area contributed by atoms with Gasteiger partial charge in [0.25, 0.3) is 5.91 Å². The third-order valence-electron chi connectivity index (χ3n) is 4.77. The van der Waals surface area contributed by atoms with Crippen molar-refractivity contribution in [2.45, 2.75) is 52.0 Å². The average molecular weight is 305 g/mol. The quantitative estimate of drug-likeness (QED) is 0.878. The lowest BCUT2D eigenvalue weighted by atomic mass is 10.1. The largest absolute Gasteiger partial charge is 0.360 e. The van der Waals surface area contributed by atoms with E-state index in [0.29, 0.717) is 17.5 Å². The number of rotatable bonds is 6. The van der Waals surface area contributed by atoms with E-state index in [-0.39, 0.29) is 11.9 Å². The van der Waals surface area contributed by atoms with Crippen molar-refractivity contribution in [1.82, 2.24) is 15.4 Å². The van der Waals surface area contributed by atoms with Crippen LogP contribution in [0.4, 0.5) is 0 Å². The van der Waals surface area contributed by atoms with E-state index in [1.54, 1.807) is 0 Å². The number of carbonyl (C=O) groups is 1. The molecule has 5 heteroatoms. The molecule has 2 atom stereocenters. The first-order valence-electron chi connectivity index (χ1n) is 8.52. The zero-order valence-electron chi connectivity index (χ0n) is 13.8. The van der Waals surface area contributed by atoms with Crippen molar-refractivity contribution in [3.63, 3.8) is 0 Å². The molecule has 2 aliphatic rings. The minimum absolute atomic E-state index is 0.0989. The predicted octanol–water partition coefficient (Wildman–Crippen LogP) is 2.65. The molecule has 1 aliphatic carbocycles. The van der Waals surface area contributed by atoms with Crippen molar-refractivity contribution in [1.29, 1.82) is 0 Å². The summed E-state index contributed by atoms with van der Waals surface area (Å²) in [4.78, 5) is 14.8. The molecule has 1 aromatic rings. The molecule has 122 valence electrons. The number of nitrogens with zero attached hydrogens (tertiary/aromatic N) is 2. The second kappa shape index (κ2) is 6.41. The van der Waals surface area contributed by atoms with Crippen LogP contribution >= 0.6 is 0 Å². The van der Waals surface area contributed by atoms with Crippen molar-refractivity contribution >= 4 is 5.91 Å². The van der Waals surface area contributed by atoms with E-state index in [9.17, 15) is 4.79 Å². The van der Waals surface area contributed by atoms with Crippen LogP contribution in [0.3, 0.4) is 0 Å². The summed E-state index contributed by atoms with van der Waals surface area (Å²) in [6.45, 7) is 9.82. The Morgan fingerprint density at radius 1 is 1.45 bits per heavy atom. The summed E-state index contributed by atoms with van der Waals surface area (Å²) >= 11 is 0. The van der Waals surface area contributed by atoms with Gasteiger partial charge in [-0.05, 0) is 37.6 Å². The summed E-state index contributed by atoms with van der Waals surface area (Å²) in [6.07, 6.45) is 3.52. The van der Waals surface area contributed by atoms with Crippen LogP contribution in [0, 0.1) is 11.8 Å². The second-order valence-corrected chi connectivity index (χ2v) is 7.39. The maximum Gasteiger partial charge on any atom is 0.273 e. The van der Waals surface area contributed by atoms with Crippen LogP contribution in [0.5, 0.6) is 0 Å². The Labute approximate surface area is 132 Å². The van der Waals surface area contributed by atoms with Gasteiger partial charge in [-0.15, -0.1) is 0 Å². The zero-order chi connectivity index (χ0) is 15.7. The van der Waals surface area contributed by atoms with E-state index in [1.165, 1.54) is 6.42 Å². The fourth-order valence-electron chi connectivity index (χ4n) is 3.08. The van der Waals surface area contributed by atoms with Crippen molar-refractivity contribution in [3.05, 3.63) is 17.5 Å². The molecule has 2 fully saturated rings. The second-order valence-electron chi connectivity index (χ2n) is 7.39. The molecule has 1 saturated heterocycles. The van der Waals surface area contributed by atoms with Crippen molar-refractivity contribution in [3.8, 4) is 0 Å². The van der Waals surface area contributed by atoms with E-state index in [1.807, 2.05) is 6.07 Å². The highest BCUT2D eigenvalue weighted by Crippen LogP contribution is 2.40. The predicted molar refractivity (Wildman–Crippen MR) is 84.8 cm³/mol. The highest BCUT2D eigenvalue weighted by molar-refractivity contribution is 5.92. The van der Waals surface area contributed by atoms with Gasteiger partial charge in [0.05, 0.1) is 0 Å². The maximum atomic E-state index is 12.3. The number of hydrogen-bond donors (Lipinski definition) is 1. The third-order valence-corrected chi connectivity index (χ3v) is 4.77. The average Bonchev–Trinajstić information content (AvgIpc) is 3.09. The Bertz CT molecular complexity index is 522. The molecule has 1 amide bonds. The first-order valence-corrected chi connectivity index (χ1v) is 8.52. The fraction of sp³-hybridized carbons (Fsp3) is 0.765. The first kappa shape index (κ1) is 15.5. The van der Waals surface area contributed by atoms with Crippen LogP contribution in [-0.2, 0) is 0 Å². The molecule has 22 heavy (non-hydrogen) atoms. The third kappa shape index (κ3) is 3.69. The number of carbonyl (C=O) groups excluding carboxylic acids is 1. The Hall–Kier alpha value is -1.36. The van der Waals surface area contributed by atoms with E-state index in [4.69, 9.17) is 4.52 Å². The van der Waals surface area contributed by atoms with E-state index >= 15 is 0 Å². The van der Waals surface area contributed by atoms with Gasteiger partial charge in [0.15, 0.2) is 5.69 Å². The van der Waals surface area contributed by atoms with E-state index in [0.717, 1.165) is 44.2 Å². The minimum Gasteiger partial charge on any atom is -0.360 e. The molecule has 0 unspecified atom stereocenters. The number of hydrogen-bond acceptors (Lipinski definition) is 4. The van der Waals surface area contributed by atoms with Crippen molar-refractivity contribution in [2.75, 3.05) is 19.6 Å². The van der Waals surface area contributed by atoms with Crippen LogP contribution in [0.15, 0.2) is 10.6 Å². The number of amides is 1. The molecule has 1 saturated carbocycles. The topological polar surface area (TPSA) is 58.4 Å². The van der Waals surface area contributed by atoms with Gasteiger partial charge in [0, 0.05) is 31.1 Å². The summed E-state index contributed by atoms with van der Waals surface area (Å²) in [5.74, 6) is 2.46. The summed E-state index contributed by atoms with van der Waals surface area (Å²) in [5.41, 5.74) is 0.426. The van der Waals surface area contributed by atoms with Crippen molar-refractivity contribution < 1.29 is 9.32 Å². The Morgan fingerprint density at radius 3 is 2.91 bits per heavy atom. The first-order chi connectivity index (χ1) is 10.5. The van der Waals surface area contributed by atoms with Gasteiger partial charge in [-0.1, -0.05) is 25.9 Å². The number of nitrogens with one attached hydrogen (secondary N) is 1. The molecular formula is C17H27N3O2. The molecule has 0 radical (unpaired) electrons. The molecule has 1 aliphatic heterocycles. The van der Waals surface area contributed by atoms with Gasteiger partial charge in [-0.3, -0.25) is 4.79 Å². The number of aromatic nitrogens is 1. The lowest BCUT2D eigenvalue weighted by Gasteiger charge is -2.17. The van der Waals surface area contributed by atoms with Crippen molar-refractivity contribution in [2.24, 2.45) is 11.8 Å². The molecule has 0 aromatic carbocycles. The smallest absolute Gasteiger partial charge is 0.273 e. The van der Waals surface area contributed by atoms with Crippen LogP contribution in [0.1, 0.15) is 62.2 Å². The SMILES string of the molecule is CC(C)CCN1C[C@H](NC(=O)c2cc(C3CC3)on2)[C@@H](C)C1. The highest BCUT2D eigenvalue weighted by Gasteiger charge is 2.32. The fourth-order valence-corrected chi connectivity index (χ4v) is 3.08. The molecule has 3 rings (SSSR count). The standard InChI is InChI=1S/C17H27N3O2/c1-11(2)6-7-20-9-12(3)15(10-20)18-17(21)14-8-16(22-19-14)13-4-5-13/h8,11-13,15H,4-7,9-10H2,1-3H3,(H,18,21)/t12-,15-/m0/s1. The normalized spacial score (nSPS) is 25.8. The Balaban J connectivity index is 1.52. The van der Waals surface area contributed by atoms with Crippen LogP contribution in [-0.4, -0.2) is 41.6 Å². The van der Waals surface area contributed by atoms with Gasteiger partial charge in [-0.2, -0.15) is 0 Å². The summed E-state index contributed by atoms with van der Waals surface area (Å²) in [5, 5.41) is 7.05. The Morgan fingerprint density at radius 2 is 2.23 bits per heavy atom. The van der Waals surface area contributed by atoms with Gasteiger partial charge < -0.3 is 14.7 Å². The van der Waals surface area contributed by atoms with Crippen LogP contribution in [0.25, 0.3) is 0 Å². The Kier molecular flexibility index (Phi) is 4.52. The van der Waals surface area contributed by atoms with Gasteiger partial charge in [0.2, 0.25) is 0 Å². The summed E-state index contributed by atoms with van der Waals surface area (Å²) in [6, 6.07) is 2.02. The van der Waals surface area contributed by atoms with Crippen LogP contribution < -0.4 is 5.32 Å². The zero-order valence-corrected chi connectivity index (χ0v) is 13.8.